The Bertz CT molecular complexity index is 765. The molecule has 0 radical (unpaired) electrons. The maximum absolute atomic E-state index is 13.0. The molecule has 3 rings (SSSR count). The van der Waals surface area contributed by atoms with E-state index in [2.05, 4.69) is 4.98 Å². The van der Waals surface area contributed by atoms with E-state index in [0.717, 1.165) is 5.56 Å². The molecule has 1 N–H and O–H groups in total. The van der Waals surface area contributed by atoms with Crippen molar-refractivity contribution in [1.29, 1.82) is 0 Å². The van der Waals surface area contributed by atoms with Crippen LogP contribution in [0.25, 0.3) is 16.9 Å². The summed E-state index contributed by atoms with van der Waals surface area (Å²) in [4.78, 5) is 4.48. The summed E-state index contributed by atoms with van der Waals surface area (Å²) in [5, 5.41) is 10.5. The van der Waals surface area contributed by atoms with Gasteiger partial charge in [-0.05, 0) is 43.3 Å². The Kier molecular flexibility index (Phi) is 3.20. The van der Waals surface area contributed by atoms with Gasteiger partial charge < -0.3 is 5.11 Å². The Hall–Kier alpha value is -1.91. The molecule has 0 fully saturated rings. The molecule has 20 heavy (non-hydrogen) atoms. The van der Waals surface area contributed by atoms with E-state index >= 15 is 0 Å². The van der Waals surface area contributed by atoms with Gasteiger partial charge in [0.15, 0.2) is 5.65 Å². The summed E-state index contributed by atoms with van der Waals surface area (Å²) >= 11 is 6.13. The fraction of sp³-hybridized carbons (Fsp3) is 0.133. The van der Waals surface area contributed by atoms with Crippen LogP contribution in [0.2, 0.25) is 5.02 Å². The van der Waals surface area contributed by atoms with E-state index in [1.165, 1.54) is 12.1 Å². The Morgan fingerprint density at radius 2 is 1.95 bits per heavy atom. The molecule has 0 aliphatic heterocycles. The van der Waals surface area contributed by atoms with Crippen LogP contribution in [0.5, 0.6) is 0 Å². The quantitative estimate of drug-likeness (QED) is 0.778. The molecule has 0 aliphatic carbocycles. The van der Waals surface area contributed by atoms with E-state index < -0.39 is 6.10 Å². The van der Waals surface area contributed by atoms with E-state index in [0.29, 0.717) is 22.1 Å². The second kappa shape index (κ2) is 4.89. The lowest BCUT2D eigenvalue weighted by atomic mass is 10.1. The predicted molar refractivity (Wildman–Crippen MR) is 76.2 cm³/mol. The monoisotopic (exact) mass is 290 g/mol. The van der Waals surface area contributed by atoms with E-state index in [-0.39, 0.29) is 5.82 Å². The molecule has 2 heterocycles. The summed E-state index contributed by atoms with van der Waals surface area (Å²) < 4.78 is 14.8. The van der Waals surface area contributed by atoms with Crippen molar-refractivity contribution in [2.45, 2.75) is 13.0 Å². The number of imidazole rings is 1. The fourth-order valence-electron chi connectivity index (χ4n) is 2.27. The third-order valence-corrected chi connectivity index (χ3v) is 3.45. The van der Waals surface area contributed by atoms with Gasteiger partial charge in [-0.2, -0.15) is 0 Å². The van der Waals surface area contributed by atoms with Gasteiger partial charge in [-0.15, -0.1) is 0 Å². The molecule has 5 heteroatoms. The van der Waals surface area contributed by atoms with Crippen LogP contribution in [-0.2, 0) is 0 Å². The number of aliphatic hydroxyl groups is 1. The summed E-state index contributed by atoms with van der Waals surface area (Å²) in [5.41, 5.74) is 2.55. The normalized spacial score (nSPS) is 12.8. The highest BCUT2D eigenvalue weighted by atomic mass is 35.5. The predicted octanol–water partition coefficient (Wildman–Crippen LogP) is 3.85. The summed E-state index contributed by atoms with van der Waals surface area (Å²) in [6.45, 7) is 1.66. The maximum Gasteiger partial charge on any atom is 0.156 e. The second-order valence-corrected chi connectivity index (χ2v) is 4.99. The van der Waals surface area contributed by atoms with Crippen LogP contribution < -0.4 is 0 Å². The summed E-state index contributed by atoms with van der Waals surface area (Å²) in [7, 11) is 0. The number of aliphatic hydroxyl groups excluding tert-OH is 1. The van der Waals surface area contributed by atoms with Gasteiger partial charge in [0, 0.05) is 11.8 Å². The maximum atomic E-state index is 13.0. The fourth-order valence-corrected chi connectivity index (χ4v) is 2.48. The van der Waals surface area contributed by atoms with Crippen molar-refractivity contribution in [1.82, 2.24) is 9.38 Å². The van der Waals surface area contributed by atoms with Gasteiger partial charge in [0.2, 0.25) is 0 Å². The van der Waals surface area contributed by atoms with Gasteiger partial charge in [-0.25, -0.2) is 9.37 Å². The zero-order chi connectivity index (χ0) is 14.3. The van der Waals surface area contributed by atoms with Crippen molar-refractivity contribution >= 4 is 17.2 Å². The third kappa shape index (κ3) is 2.07. The third-order valence-electron chi connectivity index (χ3n) is 3.15. The molecule has 3 nitrogen and oxygen atoms in total. The zero-order valence-corrected chi connectivity index (χ0v) is 11.5. The first kappa shape index (κ1) is 13.1. The summed E-state index contributed by atoms with van der Waals surface area (Å²) in [6.07, 6.45) is 1.08. The number of halogens is 2. The van der Waals surface area contributed by atoms with Crippen LogP contribution in [-0.4, -0.2) is 14.5 Å². The van der Waals surface area contributed by atoms with Crippen molar-refractivity contribution in [2.24, 2.45) is 0 Å². The van der Waals surface area contributed by atoms with Crippen LogP contribution in [0.3, 0.4) is 0 Å². The van der Waals surface area contributed by atoms with Crippen molar-refractivity contribution in [3.8, 4) is 11.3 Å². The number of fused-ring (bicyclic) bond motifs is 1. The number of hydrogen-bond acceptors (Lipinski definition) is 2. The molecule has 0 aliphatic rings. The summed E-state index contributed by atoms with van der Waals surface area (Å²) in [6, 6.07) is 9.54. The highest BCUT2D eigenvalue weighted by molar-refractivity contribution is 6.33. The smallest absolute Gasteiger partial charge is 0.156 e. The summed E-state index contributed by atoms with van der Waals surface area (Å²) in [5.74, 6) is -0.311. The number of nitrogens with zero attached hydrogens (tertiary/aromatic N) is 2. The van der Waals surface area contributed by atoms with Crippen molar-refractivity contribution in [3.63, 3.8) is 0 Å². The molecular weight excluding hydrogens is 279 g/mol. The topological polar surface area (TPSA) is 37.5 Å². The molecule has 1 aromatic carbocycles. The molecule has 0 bridgehead atoms. The lowest BCUT2D eigenvalue weighted by Gasteiger charge is -2.08. The molecule has 102 valence electrons. The molecule has 0 saturated carbocycles. The minimum atomic E-state index is -0.719. The highest BCUT2D eigenvalue weighted by Gasteiger charge is 2.19. The van der Waals surface area contributed by atoms with E-state index in [9.17, 15) is 9.50 Å². The average molecular weight is 291 g/mol. The van der Waals surface area contributed by atoms with Gasteiger partial charge >= 0.3 is 0 Å². The molecule has 0 saturated heterocycles. The SMILES string of the molecule is CC(O)c1c(-c2ccc(F)cc2)nc2c(Cl)cccn12. The Labute approximate surface area is 120 Å². The van der Waals surface area contributed by atoms with Crippen LogP contribution in [0, 0.1) is 5.82 Å². The van der Waals surface area contributed by atoms with Crippen LogP contribution >= 0.6 is 11.6 Å². The van der Waals surface area contributed by atoms with Crippen molar-refractivity contribution in [2.75, 3.05) is 0 Å². The number of benzene rings is 1. The van der Waals surface area contributed by atoms with Crippen LogP contribution in [0.1, 0.15) is 18.7 Å². The van der Waals surface area contributed by atoms with Gasteiger partial charge in [-0.1, -0.05) is 11.6 Å². The van der Waals surface area contributed by atoms with Crippen molar-refractivity contribution in [3.05, 3.63) is 59.1 Å². The molecule has 2 aromatic heterocycles. The number of hydrogen-bond donors (Lipinski definition) is 1. The lowest BCUT2D eigenvalue weighted by Crippen LogP contribution is -1.99. The minimum absolute atomic E-state index is 0.311. The van der Waals surface area contributed by atoms with Crippen molar-refractivity contribution < 1.29 is 9.50 Å². The van der Waals surface area contributed by atoms with E-state index in [1.54, 1.807) is 41.8 Å². The molecular formula is C15H12ClFN2O. The first-order valence-corrected chi connectivity index (χ1v) is 6.56. The zero-order valence-electron chi connectivity index (χ0n) is 10.7. The number of aromatic nitrogens is 2. The van der Waals surface area contributed by atoms with Crippen LogP contribution in [0.15, 0.2) is 42.6 Å². The molecule has 1 unspecified atom stereocenters. The Morgan fingerprint density at radius 1 is 1.25 bits per heavy atom. The standard InChI is InChI=1S/C15H12ClFN2O/c1-9(20)14-13(10-4-6-11(17)7-5-10)18-15-12(16)3-2-8-19(14)15/h2-9,20H,1H3. The van der Waals surface area contributed by atoms with E-state index in [4.69, 9.17) is 11.6 Å². The van der Waals surface area contributed by atoms with Gasteiger partial charge in [0.05, 0.1) is 22.5 Å². The first-order chi connectivity index (χ1) is 9.58. The number of pyridine rings is 1. The second-order valence-electron chi connectivity index (χ2n) is 4.58. The molecule has 0 amide bonds. The minimum Gasteiger partial charge on any atom is -0.387 e. The first-order valence-electron chi connectivity index (χ1n) is 6.18. The molecule has 3 aromatic rings. The Balaban J connectivity index is 2.32. The van der Waals surface area contributed by atoms with Crippen LogP contribution in [0.4, 0.5) is 4.39 Å². The van der Waals surface area contributed by atoms with Gasteiger partial charge in [-0.3, -0.25) is 4.40 Å². The van der Waals surface area contributed by atoms with Gasteiger partial charge in [0.25, 0.3) is 0 Å². The number of rotatable bonds is 2. The lowest BCUT2D eigenvalue weighted by molar-refractivity contribution is 0.194. The van der Waals surface area contributed by atoms with Gasteiger partial charge in [0.1, 0.15) is 5.82 Å². The largest absolute Gasteiger partial charge is 0.387 e. The van der Waals surface area contributed by atoms with E-state index in [1.807, 2.05) is 0 Å². The average Bonchev–Trinajstić information content (AvgIpc) is 2.80. The Morgan fingerprint density at radius 3 is 2.60 bits per heavy atom. The molecule has 0 spiro atoms. The highest BCUT2D eigenvalue weighted by Crippen LogP contribution is 2.31. The molecule has 1 atom stereocenters.